The van der Waals surface area contributed by atoms with Crippen LogP contribution in [0, 0.1) is 12.8 Å². The molecule has 0 bridgehead atoms. The van der Waals surface area contributed by atoms with Gasteiger partial charge in [-0.25, -0.2) is 4.98 Å². The first-order valence-electron chi connectivity index (χ1n) is 9.48. The maximum atomic E-state index is 12.9. The SMILES string of the molecule is Cc1c(C(=O)NCC2CCN(c3cccc(Br)c3)C2)sc2nc(C(F)(F)F)ccc12. The summed E-state index contributed by atoms with van der Waals surface area (Å²) in [7, 11) is 0. The number of fused-ring (bicyclic) bond motifs is 1. The maximum absolute atomic E-state index is 12.9. The average molecular weight is 498 g/mol. The Morgan fingerprint density at radius 3 is 2.87 bits per heavy atom. The molecule has 3 aromatic rings. The Bertz CT molecular complexity index is 1100. The monoisotopic (exact) mass is 497 g/mol. The predicted octanol–water partition coefficient (Wildman–Crippen LogP) is 5.64. The van der Waals surface area contributed by atoms with Crippen LogP contribution >= 0.6 is 27.3 Å². The Morgan fingerprint density at radius 2 is 2.13 bits per heavy atom. The third-order valence-electron chi connectivity index (χ3n) is 5.31. The molecule has 1 aliphatic heterocycles. The van der Waals surface area contributed by atoms with Gasteiger partial charge < -0.3 is 10.2 Å². The molecule has 1 aromatic carbocycles. The van der Waals surface area contributed by atoms with Crippen molar-refractivity contribution >= 4 is 49.1 Å². The maximum Gasteiger partial charge on any atom is 0.433 e. The van der Waals surface area contributed by atoms with Crippen molar-refractivity contribution < 1.29 is 18.0 Å². The highest BCUT2D eigenvalue weighted by Crippen LogP contribution is 2.34. The van der Waals surface area contributed by atoms with Crippen LogP contribution in [0.1, 0.15) is 27.3 Å². The third-order valence-corrected chi connectivity index (χ3v) is 7.00. The van der Waals surface area contributed by atoms with Gasteiger partial charge in [0.05, 0.1) is 4.88 Å². The first-order chi connectivity index (χ1) is 14.2. The van der Waals surface area contributed by atoms with E-state index < -0.39 is 11.9 Å². The molecule has 1 fully saturated rings. The fraction of sp³-hybridized carbons (Fsp3) is 0.333. The lowest BCUT2D eigenvalue weighted by Gasteiger charge is -2.19. The zero-order valence-electron chi connectivity index (χ0n) is 16.1. The van der Waals surface area contributed by atoms with Crippen molar-refractivity contribution in [1.29, 1.82) is 0 Å². The highest BCUT2D eigenvalue weighted by molar-refractivity contribution is 9.10. The molecule has 3 heterocycles. The summed E-state index contributed by atoms with van der Waals surface area (Å²) < 4.78 is 39.8. The number of hydrogen-bond donors (Lipinski definition) is 1. The lowest BCUT2D eigenvalue weighted by atomic mass is 10.1. The van der Waals surface area contributed by atoms with Crippen LogP contribution in [0.4, 0.5) is 18.9 Å². The Morgan fingerprint density at radius 1 is 1.33 bits per heavy atom. The van der Waals surface area contributed by atoms with E-state index in [2.05, 4.69) is 43.3 Å². The van der Waals surface area contributed by atoms with Crippen molar-refractivity contribution in [1.82, 2.24) is 10.3 Å². The molecule has 1 aliphatic rings. The second kappa shape index (κ2) is 8.19. The Kier molecular flexibility index (Phi) is 5.76. The van der Waals surface area contributed by atoms with Gasteiger partial charge in [-0.05, 0) is 55.2 Å². The zero-order valence-corrected chi connectivity index (χ0v) is 18.5. The van der Waals surface area contributed by atoms with Gasteiger partial charge in [0.2, 0.25) is 0 Å². The van der Waals surface area contributed by atoms with Crippen molar-refractivity contribution in [3.8, 4) is 0 Å². The van der Waals surface area contributed by atoms with Crippen molar-refractivity contribution in [3.63, 3.8) is 0 Å². The minimum absolute atomic E-state index is 0.231. The third kappa shape index (κ3) is 4.32. The molecule has 0 aliphatic carbocycles. The van der Waals surface area contributed by atoms with Crippen LogP contribution in [0.2, 0.25) is 0 Å². The number of pyridine rings is 1. The van der Waals surface area contributed by atoms with Crippen LogP contribution in [-0.2, 0) is 6.18 Å². The highest BCUT2D eigenvalue weighted by atomic mass is 79.9. The molecule has 1 amide bonds. The van der Waals surface area contributed by atoms with E-state index in [0.717, 1.165) is 47.1 Å². The van der Waals surface area contributed by atoms with Gasteiger partial charge in [-0.2, -0.15) is 13.2 Å². The zero-order chi connectivity index (χ0) is 21.5. The van der Waals surface area contributed by atoms with E-state index in [1.165, 1.54) is 6.07 Å². The summed E-state index contributed by atoms with van der Waals surface area (Å²) in [4.78, 5) is 19.3. The smallest absolute Gasteiger partial charge is 0.371 e. The normalized spacial score (nSPS) is 17.0. The Balaban J connectivity index is 1.42. The van der Waals surface area contributed by atoms with Gasteiger partial charge in [-0.1, -0.05) is 22.0 Å². The van der Waals surface area contributed by atoms with E-state index in [1.54, 1.807) is 6.92 Å². The molecular formula is C21H19BrF3N3OS. The number of anilines is 1. The lowest BCUT2D eigenvalue weighted by molar-refractivity contribution is -0.140. The molecule has 2 aromatic heterocycles. The van der Waals surface area contributed by atoms with Crippen LogP contribution < -0.4 is 10.2 Å². The number of carbonyl (C=O) groups excluding carboxylic acids is 1. The first-order valence-corrected chi connectivity index (χ1v) is 11.1. The van der Waals surface area contributed by atoms with Gasteiger partial charge in [0.1, 0.15) is 10.5 Å². The van der Waals surface area contributed by atoms with E-state index >= 15 is 0 Å². The second-order valence-electron chi connectivity index (χ2n) is 7.39. The molecule has 4 nitrogen and oxygen atoms in total. The lowest BCUT2D eigenvalue weighted by Crippen LogP contribution is -2.30. The minimum atomic E-state index is -4.50. The highest BCUT2D eigenvalue weighted by Gasteiger charge is 2.33. The van der Waals surface area contributed by atoms with Gasteiger partial charge in [0.15, 0.2) is 0 Å². The number of carbonyl (C=O) groups is 1. The number of alkyl halides is 3. The van der Waals surface area contributed by atoms with Gasteiger partial charge in [0, 0.05) is 35.2 Å². The Hall–Kier alpha value is -2.13. The quantitative estimate of drug-likeness (QED) is 0.507. The largest absolute Gasteiger partial charge is 0.433 e. The van der Waals surface area contributed by atoms with Crippen molar-refractivity contribution in [2.24, 2.45) is 5.92 Å². The number of amides is 1. The molecule has 30 heavy (non-hydrogen) atoms. The summed E-state index contributed by atoms with van der Waals surface area (Å²) in [6.07, 6.45) is -3.54. The summed E-state index contributed by atoms with van der Waals surface area (Å²) >= 11 is 4.49. The van der Waals surface area contributed by atoms with Crippen LogP contribution in [0.25, 0.3) is 10.2 Å². The number of halogens is 4. The fourth-order valence-electron chi connectivity index (χ4n) is 3.70. The summed E-state index contributed by atoms with van der Waals surface area (Å²) in [6, 6.07) is 10.5. The van der Waals surface area contributed by atoms with Crippen molar-refractivity contribution in [2.45, 2.75) is 19.5 Å². The molecule has 0 spiro atoms. The van der Waals surface area contributed by atoms with Crippen molar-refractivity contribution in [3.05, 3.63) is 57.0 Å². The molecule has 0 saturated carbocycles. The molecular weight excluding hydrogens is 479 g/mol. The predicted molar refractivity (Wildman–Crippen MR) is 116 cm³/mol. The number of aryl methyl sites for hydroxylation is 1. The molecule has 0 radical (unpaired) electrons. The molecule has 1 N–H and O–H groups in total. The average Bonchev–Trinajstić information content (AvgIpc) is 3.30. The van der Waals surface area contributed by atoms with Gasteiger partial charge in [0.25, 0.3) is 5.91 Å². The van der Waals surface area contributed by atoms with Crippen LogP contribution in [0.15, 0.2) is 40.9 Å². The number of benzene rings is 1. The molecule has 1 unspecified atom stereocenters. The fourth-order valence-corrected chi connectivity index (χ4v) is 5.18. The number of aromatic nitrogens is 1. The van der Waals surface area contributed by atoms with E-state index in [0.29, 0.717) is 28.3 Å². The topological polar surface area (TPSA) is 45.2 Å². The number of rotatable bonds is 4. The van der Waals surface area contributed by atoms with Crippen molar-refractivity contribution in [2.75, 3.05) is 24.5 Å². The standard InChI is InChI=1S/C21H19BrF3N3OS/c1-12-16-5-6-17(21(23,24)25)27-20(16)30-18(12)19(29)26-10-13-7-8-28(11-13)15-4-2-3-14(22)9-15/h2-6,9,13H,7-8,10-11H2,1H3,(H,26,29). The Labute approximate surface area is 184 Å². The molecule has 158 valence electrons. The van der Waals surface area contributed by atoms with E-state index in [-0.39, 0.29) is 10.7 Å². The number of nitrogens with zero attached hydrogens (tertiary/aromatic N) is 2. The summed E-state index contributed by atoms with van der Waals surface area (Å²) in [5, 5.41) is 3.54. The molecule has 1 atom stereocenters. The van der Waals surface area contributed by atoms with Gasteiger partial charge in [-0.15, -0.1) is 11.3 Å². The van der Waals surface area contributed by atoms with Gasteiger partial charge >= 0.3 is 6.18 Å². The number of nitrogens with one attached hydrogen (secondary N) is 1. The summed E-state index contributed by atoms with van der Waals surface area (Å²) in [5.41, 5.74) is 0.864. The molecule has 4 rings (SSSR count). The minimum Gasteiger partial charge on any atom is -0.371 e. The van der Waals surface area contributed by atoms with Crippen LogP contribution in [0.3, 0.4) is 0 Å². The summed E-state index contributed by atoms with van der Waals surface area (Å²) in [5.74, 6) is 0.0579. The van der Waals surface area contributed by atoms with Crippen LogP contribution in [-0.4, -0.2) is 30.5 Å². The van der Waals surface area contributed by atoms with Gasteiger partial charge in [-0.3, -0.25) is 4.79 Å². The number of hydrogen-bond acceptors (Lipinski definition) is 4. The molecule has 1 saturated heterocycles. The van der Waals surface area contributed by atoms with E-state index in [9.17, 15) is 18.0 Å². The van der Waals surface area contributed by atoms with E-state index in [4.69, 9.17) is 0 Å². The van der Waals surface area contributed by atoms with E-state index in [1.807, 2.05) is 12.1 Å². The summed E-state index contributed by atoms with van der Waals surface area (Å²) in [6.45, 7) is 4.03. The first kappa shape index (κ1) is 21.1. The molecule has 9 heteroatoms. The number of thiophene rings is 1. The van der Waals surface area contributed by atoms with Crippen LogP contribution in [0.5, 0.6) is 0 Å². The second-order valence-corrected chi connectivity index (χ2v) is 9.31.